The van der Waals surface area contributed by atoms with Crippen LogP contribution in [-0.4, -0.2) is 51.9 Å². The third kappa shape index (κ3) is 5.49. The Kier molecular flexibility index (Phi) is 8.26. The number of hydrogen-bond acceptors (Lipinski definition) is 4. The van der Waals surface area contributed by atoms with Crippen molar-refractivity contribution in [2.75, 3.05) is 47.0 Å². The van der Waals surface area contributed by atoms with Gasteiger partial charge in [-0.25, -0.2) is 0 Å². The predicted molar refractivity (Wildman–Crippen MR) is 83.4 cm³/mol. The van der Waals surface area contributed by atoms with Crippen LogP contribution < -0.4 is 10.1 Å². The van der Waals surface area contributed by atoms with Gasteiger partial charge in [0.15, 0.2) is 0 Å². The number of rotatable bonds is 10. The second-order valence-corrected chi connectivity index (χ2v) is 4.84. The van der Waals surface area contributed by atoms with Crippen molar-refractivity contribution in [1.29, 1.82) is 0 Å². The lowest BCUT2D eigenvalue weighted by atomic mass is 10.0. The van der Waals surface area contributed by atoms with Crippen molar-refractivity contribution in [3.05, 3.63) is 29.8 Å². The molecule has 0 amide bonds. The fourth-order valence-electron chi connectivity index (χ4n) is 2.22. The lowest BCUT2D eigenvalue weighted by Gasteiger charge is -2.26. The Morgan fingerprint density at radius 1 is 1.25 bits per heavy atom. The van der Waals surface area contributed by atoms with E-state index in [9.17, 15) is 0 Å². The van der Waals surface area contributed by atoms with Gasteiger partial charge in [0, 0.05) is 31.8 Å². The topological polar surface area (TPSA) is 33.7 Å². The van der Waals surface area contributed by atoms with Crippen LogP contribution in [0.5, 0.6) is 5.75 Å². The quantitative estimate of drug-likeness (QED) is 0.713. The molecule has 0 bridgehead atoms. The maximum absolute atomic E-state index is 5.74. The first-order valence-electron chi connectivity index (χ1n) is 7.35. The van der Waals surface area contributed by atoms with Crippen molar-refractivity contribution in [2.45, 2.75) is 19.9 Å². The third-order valence-corrected chi connectivity index (χ3v) is 3.22. The lowest BCUT2D eigenvalue weighted by Crippen LogP contribution is -2.34. The van der Waals surface area contributed by atoms with Gasteiger partial charge in [0.2, 0.25) is 0 Å². The van der Waals surface area contributed by atoms with Crippen LogP contribution in [0.2, 0.25) is 0 Å². The zero-order valence-electron chi connectivity index (χ0n) is 13.2. The largest absolute Gasteiger partial charge is 0.494 e. The number of nitrogens with zero attached hydrogens (tertiary/aromatic N) is 1. The maximum Gasteiger partial charge on any atom is 0.124 e. The molecule has 1 aromatic rings. The van der Waals surface area contributed by atoms with E-state index in [0.717, 1.165) is 32.0 Å². The molecule has 0 aliphatic carbocycles. The average Bonchev–Trinajstić information content (AvgIpc) is 2.46. The molecule has 20 heavy (non-hydrogen) atoms. The summed E-state index contributed by atoms with van der Waals surface area (Å²) in [5, 5.41) is 3.54. The molecule has 1 unspecified atom stereocenters. The van der Waals surface area contributed by atoms with Gasteiger partial charge >= 0.3 is 0 Å². The van der Waals surface area contributed by atoms with Crippen LogP contribution in [0.25, 0.3) is 0 Å². The van der Waals surface area contributed by atoms with Crippen LogP contribution in [0.4, 0.5) is 0 Å². The van der Waals surface area contributed by atoms with E-state index in [2.05, 4.69) is 36.3 Å². The van der Waals surface area contributed by atoms with Gasteiger partial charge in [0.05, 0.1) is 13.2 Å². The first-order chi connectivity index (χ1) is 9.72. The molecule has 0 saturated heterocycles. The van der Waals surface area contributed by atoms with Crippen LogP contribution >= 0.6 is 0 Å². The van der Waals surface area contributed by atoms with E-state index in [1.807, 2.05) is 19.1 Å². The van der Waals surface area contributed by atoms with E-state index in [-0.39, 0.29) is 6.04 Å². The minimum absolute atomic E-state index is 0.268. The van der Waals surface area contributed by atoms with Gasteiger partial charge in [0.25, 0.3) is 0 Å². The molecule has 0 spiro atoms. The van der Waals surface area contributed by atoms with Gasteiger partial charge in [0.1, 0.15) is 5.75 Å². The number of para-hydroxylation sites is 1. The first kappa shape index (κ1) is 17.0. The highest BCUT2D eigenvalue weighted by molar-refractivity contribution is 5.36. The summed E-state index contributed by atoms with van der Waals surface area (Å²) in [5.74, 6) is 0.973. The Hall–Kier alpha value is -1.10. The first-order valence-corrected chi connectivity index (χ1v) is 7.35. The smallest absolute Gasteiger partial charge is 0.124 e. The minimum atomic E-state index is 0.268. The Balaban J connectivity index is 2.78. The standard InChI is InChI=1S/C16H28N2O2/c1-5-17-15(13-18(3)11-12-19-4)14-9-7-8-10-16(14)20-6-2/h7-10,15,17H,5-6,11-13H2,1-4H3. The van der Waals surface area contributed by atoms with Crippen LogP contribution in [0.3, 0.4) is 0 Å². The lowest BCUT2D eigenvalue weighted by molar-refractivity contribution is 0.155. The molecule has 4 heteroatoms. The summed E-state index contributed by atoms with van der Waals surface area (Å²) < 4.78 is 10.9. The summed E-state index contributed by atoms with van der Waals surface area (Å²) >= 11 is 0. The SMILES string of the molecule is CCNC(CN(C)CCOC)c1ccccc1OCC. The average molecular weight is 280 g/mol. The third-order valence-electron chi connectivity index (χ3n) is 3.22. The van der Waals surface area contributed by atoms with Gasteiger partial charge in [-0.15, -0.1) is 0 Å². The van der Waals surface area contributed by atoms with E-state index in [1.54, 1.807) is 7.11 Å². The van der Waals surface area contributed by atoms with Gasteiger partial charge < -0.3 is 19.7 Å². The van der Waals surface area contributed by atoms with Gasteiger partial charge in [-0.3, -0.25) is 0 Å². The van der Waals surface area contributed by atoms with E-state index in [1.165, 1.54) is 5.56 Å². The summed E-state index contributed by atoms with van der Waals surface area (Å²) in [6.07, 6.45) is 0. The van der Waals surface area contributed by atoms with Gasteiger partial charge in [-0.1, -0.05) is 25.1 Å². The van der Waals surface area contributed by atoms with E-state index < -0.39 is 0 Å². The van der Waals surface area contributed by atoms with Crippen molar-refractivity contribution < 1.29 is 9.47 Å². The molecule has 1 N–H and O–H groups in total. The van der Waals surface area contributed by atoms with Crippen LogP contribution in [-0.2, 0) is 4.74 Å². The molecule has 1 rings (SSSR count). The number of likely N-dealkylation sites (N-methyl/N-ethyl adjacent to an activating group) is 2. The molecule has 4 nitrogen and oxygen atoms in total. The second-order valence-electron chi connectivity index (χ2n) is 4.84. The second kappa shape index (κ2) is 9.75. The zero-order chi connectivity index (χ0) is 14.8. The molecule has 0 fully saturated rings. The van der Waals surface area contributed by atoms with Crippen LogP contribution in [0.15, 0.2) is 24.3 Å². The van der Waals surface area contributed by atoms with Crippen molar-refractivity contribution >= 4 is 0 Å². The molecule has 0 radical (unpaired) electrons. The molecule has 1 atom stereocenters. The Labute approximate surface area is 123 Å². The van der Waals surface area contributed by atoms with Crippen molar-refractivity contribution in [2.24, 2.45) is 0 Å². The summed E-state index contributed by atoms with van der Waals surface area (Å²) in [6.45, 7) is 8.38. The molecule has 1 aromatic carbocycles. The fraction of sp³-hybridized carbons (Fsp3) is 0.625. The van der Waals surface area contributed by atoms with Crippen molar-refractivity contribution in [3.8, 4) is 5.75 Å². The van der Waals surface area contributed by atoms with E-state index in [4.69, 9.17) is 9.47 Å². The minimum Gasteiger partial charge on any atom is -0.494 e. The van der Waals surface area contributed by atoms with Crippen LogP contribution in [0, 0.1) is 0 Å². The Morgan fingerprint density at radius 3 is 2.65 bits per heavy atom. The Bertz CT molecular complexity index is 371. The monoisotopic (exact) mass is 280 g/mol. The molecule has 114 valence electrons. The number of ether oxygens (including phenoxy) is 2. The Morgan fingerprint density at radius 2 is 2.00 bits per heavy atom. The fourth-order valence-corrected chi connectivity index (χ4v) is 2.22. The summed E-state index contributed by atoms with van der Waals surface area (Å²) in [4.78, 5) is 2.28. The summed E-state index contributed by atoms with van der Waals surface area (Å²) in [5.41, 5.74) is 1.22. The summed E-state index contributed by atoms with van der Waals surface area (Å²) in [6, 6.07) is 8.54. The van der Waals surface area contributed by atoms with Crippen LogP contribution in [0.1, 0.15) is 25.5 Å². The van der Waals surface area contributed by atoms with E-state index >= 15 is 0 Å². The molecule has 0 saturated carbocycles. The highest BCUT2D eigenvalue weighted by atomic mass is 16.5. The normalized spacial score (nSPS) is 12.7. The van der Waals surface area contributed by atoms with Gasteiger partial charge in [-0.05, 0) is 26.6 Å². The number of methoxy groups -OCH3 is 1. The van der Waals surface area contributed by atoms with Crippen molar-refractivity contribution in [3.63, 3.8) is 0 Å². The number of benzene rings is 1. The van der Waals surface area contributed by atoms with Crippen molar-refractivity contribution in [1.82, 2.24) is 10.2 Å². The molecule has 0 aliphatic rings. The highest BCUT2D eigenvalue weighted by Crippen LogP contribution is 2.25. The molecular weight excluding hydrogens is 252 g/mol. The zero-order valence-corrected chi connectivity index (χ0v) is 13.2. The molecule has 0 aliphatic heterocycles. The predicted octanol–water partition coefficient (Wildman–Crippen LogP) is 2.31. The maximum atomic E-state index is 5.74. The molecule has 0 heterocycles. The highest BCUT2D eigenvalue weighted by Gasteiger charge is 2.16. The summed E-state index contributed by atoms with van der Waals surface area (Å²) in [7, 11) is 3.85. The van der Waals surface area contributed by atoms with E-state index in [0.29, 0.717) is 6.61 Å². The number of nitrogens with one attached hydrogen (secondary N) is 1. The molecular formula is C16H28N2O2. The number of hydrogen-bond donors (Lipinski definition) is 1. The molecule has 0 aromatic heterocycles. The van der Waals surface area contributed by atoms with Gasteiger partial charge in [-0.2, -0.15) is 0 Å².